The Morgan fingerprint density at radius 1 is 1.11 bits per heavy atom. The number of hydrogen-bond donors (Lipinski definition) is 0. The van der Waals surface area contributed by atoms with Gasteiger partial charge in [-0.15, -0.1) is 0 Å². The molecule has 0 atom stereocenters. The molecular formula is C23H29NO3. The molecule has 3 aliphatic carbocycles. The number of hydrogen-bond acceptors (Lipinski definition) is 3. The summed E-state index contributed by atoms with van der Waals surface area (Å²) in [6, 6.07) is 7.46. The van der Waals surface area contributed by atoms with Gasteiger partial charge in [-0.05, 0) is 68.4 Å². The number of benzene rings is 1. The van der Waals surface area contributed by atoms with Crippen LogP contribution in [-0.2, 0) is 14.3 Å². The van der Waals surface area contributed by atoms with Crippen LogP contribution in [0.15, 0.2) is 18.2 Å². The second-order valence-corrected chi connectivity index (χ2v) is 9.67. The minimum Gasteiger partial charge on any atom is -0.465 e. The van der Waals surface area contributed by atoms with Gasteiger partial charge >= 0.3 is 5.97 Å². The highest BCUT2D eigenvalue weighted by Gasteiger charge is 2.53. The molecule has 1 aromatic carbocycles. The van der Waals surface area contributed by atoms with E-state index >= 15 is 0 Å². The fourth-order valence-corrected chi connectivity index (χ4v) is 5.44. The smallest absolute Gasteiger partial charge is 0.306 e. The number of ether oxygens (including phenoxy) is 1. The van der Waals surface area contributed by atoms with Crippen LogP contribution in [0.2, 0.25) is 0 Å². The zero-order valence-corrected chi connectivity index (χ0v) is 16.4. The molecule has 1 saturated heterocycles. The normalized spacial score (nSPS) is 34.7. The third-order valence-corrected chi connectivity index (χ3v) is 7.42. The average molecular weight is 367 g/mol. The highest BCUT2D eigenvalue weighted by Crippen LogP contribution is 2.52. The van der Waals surface area contributed by atoms with Gasteiger partial charge in [0, 0.05) is 24.4 Å². The summed E-state index contributed by atoms with van der Waals surface area (Å²) < 4.78 is 5.12. The first-order valence-electron chi connectivity index (χ1n) is 10.5. The number of aryl methyl sites for hydroxylation is 1. The third-order valence-electron chi connectivity index (χ3n) is 7.42. The molecule has 4 nitrogen and oxygen atoms in total. The first-order chi connectivity index (χ1) is 12.9. The maximum atomic E-state index is 12.8. The second kappa shape index (κ2) is 6.08. The van der Waals surface area contributed by atoms with Crippen molar-refractivity contribution >= 4 is 11.9 Å². The van der Waals surface area contributed by atoms with Crippen molar-refractivity contribution in [2.24, 2.45) is 11.3 Å². The van der Waals surface area contributed by atoms with Crippen LogP contribution < -0.4 is 0 Å². The molecule has 1 amide bonds. The highest BCUT2D eigenvalue weighted by atomic mass is 16.5. The van der Waals surface area contributed by atoms with Crippen molar-refractivity contribution in [1.82, 2.24) is 4.90 Å². The van der Waals surface area contributed by atoms with Crippen molar-refractivity contribution in [2.75, 3.05) is 13.7 Å². The zero-order valence-electron chi connectivity index (χ0n) is 16.4. The molecular weight excluding hydrogens is 338 g/mol. The van der Waals surface area contributed by atoms with E-state index < -0.39 is 0 Å². The topological polar surface area (TPSA) is 46.6 Å². The monoisotopic (exact) mass is 367 g/mol. The molecule has 1 aliphatic heterocycles. The second-order valence-electron chi connectivity index (χ2n) is 9.67. The molecule has 1 aromatic rings. The summed E-state index contributed by atoms with van der Waals surface area (Å²) in [6.07, 6.45) is 6.98. The first kappa shape index (κ1) is 17.3. The highest BCUT2D eigenvalue weighted by molar-refractivity contribution is 5.81. The summed E-state index contributed by atoms with van der Waals surface area (Å²) in [5, 5.41) is 0. The van der Waals surface area contributed by atoms with E-state index in [1.165, 1.54) is 29.5 Å². The van der Waals surface area contributed by atoms with Gasteiger partial charge in [-0.2, -0.15) is 0 Å². The van der Waals surface area contributed by atoms with Crippen molar-refractivity contribution in [3.8, 4) is 0 Å². The Hall–Kier alpha value is -1.84. The Labute approximate surface area is 161 Å². The molecule has 0 bridgehead atoms. The summed E-state index contributed by atoms with van der Waals surface area (Å²) in [6.45, 7) is 2.71. The fraction of sp³-hybridized carbons (Fsp3) is 0.652. The van der Waals surface area contributed by atoms with Crippen molar-refractivity contribution < 1.29 is 14.3 Å². The quantitative estimate of drug-likeness (QED) is 0.758. The number of rotatable bonds is 4. The van der Waals surface area contributed by atoms with Crippen molar-refractivity contribution in [3.05, 3.63) is 34.9 Å². The Bertz CT molecular complexity index is 785. The van der Waals surface area contributed by atoms with Gasteiger partial charge in [0.15, 0.2) is 0 Å². The molecule has 3 saturated carbocycles. The van der Waals surface area contributed by atoms with Gasteiger partial charge in [0.1, 0.15) is 0 Å². The number of amides is 1. The molecule has 0 radical (unpaired) electrons. The van der Waals surface area contributed by atoms with E-state index in [0.29, 0.717) is 25.0 Å². The van der Waals surface area contributed by atoms with Gasteiger partial charge in [0.2, 0.25) is 5.91 Å². The van der Waals surface area contributed by atoms with Crippen LogP contribution in [0.3, 0.4) is 0 Å². The molecule has 0 N–H and O–H groups in total. The number of nitrogens with zero attached hydrogens (tertiary/aromatic N) is 1. The molecule has 144 valence electrons. The van der Waals surface area contributed by atoms with E-state index in [1.807, 2.05) is 11.9 Å². The molecule has 4 fully saturated rings. The lowest BCUT2D eigenvalue weighted by Gasteiger charge is -2.47. The van der Waals surface area contributed by atoms with Crippen LogP contribution in [0.1, 0.15) is 73.5 Å². The lowest BCUT2D eigenvalue weighted by Crippen LogP contribution is -2.51. The Balaban J connectivity index is 1.16. The molecule has 0 aromatic heterocycles. The van der Waals surface area contributed by atoms with Crippen molar-refractivity contribution in [3.63, 3.8) is 0 Å². The summed E-state index contributed by atoms with van der Waals surface area (Å²) in [7, 11) is 1.97. The molecule has 4 heteroatoms. The van der Waals surface area contributed by atoms with Gasteiger partial charge < -0.3 is 9.64 Å². The zero-order chi connectivity index (χ0) is 18.8. The van der Waals surface area contributed by atoms with Crippen LogP contribution in [0, 0.1) is 18.3 Å². The molecule has 27 heavy (non-hydrogen) atoms. The van der Waals surface area contributed by atoms with Crippen LogP contribution in [-0.4, -0.2) is 36.5 Å². The molecule has 0 unspecified atom stereocenters. The summed E-state index contributed by atoms with van der Waals surface area (Å²) in [4.78, 5) is 26.2. The SMILES string of the molecule is Cc1cc(C2CC2)cc(C2CC(N(C)C(=O)C3CC4(COC(=O)C4)C3)C2)c1. The van der Waals surface area contributed by atoms with E-state index in [0.717, 1.165) is 31.6 Å². The number of cyclic esters (lactones) is 1. The van der Waals surface area contributed by atoms with E-state index in [4.69, 9.17) is 4.74 Å². The first-order valence-corrected chi connectivity index (χ1v) is 10.5. The van der Waals surface area contributed by atoms with Gasteiger partial charge in [-0.1, -0.05) is 23.8 Å². The minimum absolute atomic E-state index is 0.0266. The Morgan fingerprint density at radius 3 is 2.37 bits per heavy atom. The Morgan fingerprint density at radius 2 is 1.78 bits per heavy atom. The van der Waals surface area contributed by atoms with Crippen LogP contribution >= 0.6 is 0 Å². The van der Waals surface area contributed by atoms with E-state index in [-0.39, 0.29) is 23.2 Å². The lowest BCUT2D eigenvalue weighted by atomic mass is 9.61. The van der Waals surface area contributed by atoms with E-state index in [9.17, 15) is 9.59 Å². The predicted octanol–water partition coefficient (Wildman–Crippen LogP) is 3.92. The maximum absolute atomic E-state index is 12.8. The predicted molar refractivity (Wildman–Crippen MR) is 102 cm³/mol. The van der Waals surface area contributed by atoms with Crippen LogP contribution in [0.25, 0.3) is 0 Å². The van der Waals surface area contributed by atoms with Gasteiger partial charge in [0.25, 0.3) is 0 Å². The largest absolute Gasteiger partial charge is 0.465 e. The van der Waals surface area contributed by atoms with E-state index in [2.05, 4.69) is 25.1 Å². The molecule has 1 spiro atoms. The van der Waals surface area contributed by atoms with Crippen molar-refractivity contribution in [2.45, 2.75) is 69.7 Å². The summed E-state index contributed by atoms with van der Waals surface area (Å²) in [5.74, 6) is 1.65. The van der Waals surface area contributed by atoms with Gasteiger partial charge in [-0.25, -0.2) is 0 Å². The van der Waals surface area contributed by atoms with Gasteiger partial charge in [-0.3, -0.25) is 9.59 Å². The average Bonchev–Trinajstić information content (AvgIpc) is 3.33. The number of esters is 1. The minimum atomic E-state index is -0.0974. The summed E-state index contributed by atoms with van der Waals surface area (Å²) >= 11 is 0. The fourth-order valence-electron chi connectivity index (χ4n) is 5.44. The number of carbonyl (C=O) groups is 2. The van der Waals surface area contributed by atoms with Crippen LogP contribution in [0.5, 0.6) is 0 Å². The third kappa shape index (κ3) is 3.07. The summed E-state index contributed by atoms with van der Waals surface area (Å²) in [5.41, 5.74) is 4.33. The molecule has 5 rings (SSSR count). The van der Waals surface area contributed by atoms with Crippen molar-refractivity contribution in [1.29, 1.82) is 0 Å². The maximum Gasteiger partial charge on any atom is 0.306 e. The molecule has 4 aliphatic rings. The molecule has 1 heterocycles. The Kier molecular flexibility index (Phi) is 3.89. The van der Waals surface area contributed by atoms with E-state index in [1.54, 1.807) is 0 Å². The lowest BCUT2D eigenvalue weighted by molar-refractivity contribution is -0.146. The van der Waals surface area contributed by atoms with Crippen LogP contribution in [0.4, 0.5) is 0 Å². The number of carbonyl (C=O) groups excluding carboxylic acids is 2. The van der Waals surface area contributed by atoms with Gasteiger partial charge in [0.05, 0.1) is 13.0 Å². The standard InChI is InChI=1S/C23H29NO3/c1-14-5-16(15-3-4-15)7-17(6-14)18-8-20(9-18)24(2)22(26)19-10-23(11-19)12-21(25)27-13-23/h5-7,15,18-20H,3-4,8-13H2,1-2H3.